The summed E-state index contributed by atoms with van der Waals surface area (Å²) < 4.78 is 1.52. The van der Waals surface area contributed by atoms with Gasteiger partial charge in [-0.25, -0.2) is 9.50 Å². The van der Waals surface area contributed by atoms with Crippen molar-refractivity contribution in [1.29, 1.82) is 0 Å². The minimum atomic E-state index is -0.163. The third-order valence-electron chi connectivity index (χ3n) is 4.59. The van der Waals surface area contributed by atoms with Crippen molar-refractivity contribution in [1.82, 2.24) is 24.5 Å². The Morgan fingerprint density at radius 3 is 2.92 bits per heavy atom. The van der Waals surface area contributed by atoms with Gasteiger partial charge in [-0.05, 0) is 30.5 Å². The van der Waals surface area contributed by atoms with Crippen molar-refractivity contribution in [2.45, 2.75) is 6.42 Å². The van der Waals surface area contributed by atoms with Crippen LogP contribution < -0.4 is 4.90 Å². The fourth-order valence-electron chi connectivity index (χ4n) is 3.32. The highest BCUT2D eigenvalue weighted by atomic mass is 16.2. The summed E-state index contributed by atoms with van der Waals surface area (Å²) in [6.07, 6.45) is 4.45. The molecule has 1 aliphatic heterocycles. The maximum Gasteiger partial charge on any atom is 0.293 e. The fraction of sp³-hybridized carbons (Fsp3) is 0.333. The molecule has 0 radical (unpaired) electrons. The molecule has 0 bridgehead atoms. The van der Waals surface area contributed by atoms with Crippen LogP contribution in [-0.2, 0) is 0 Å². The van der Waals surface area contributed by atoms with Gasteiger partial charge in [-0.15, -0.1) is 5.10 Å². The van der Waals surface area contributed by atoms with Gasteiger partial charge in [-0.1, -0.05) is 18.2 Å². The number of carbonyl (C=O) groups is 1. The molecule has 7 nitrogen and oxygen atoms in total. The van der Waals surface area contributed by atoms with E-state index in [9.17, 15) is 4.79 Å². The highest BCUT2D eigenvalue weighted by molar-refractivity contribution is 5.90. The summed E-state index contributed by atoms with van der Waals surface area (Å²) in [4.78, 5) is 25.0. The highest BCUT2D eigenvalue weighted by Crippen LogP contribution is 2.24. The number of para-hydroxylation sites is 1. The van der Waals surface area contributed by atoms with Crippen molar-refractivity contribution < 1.29 is 4.79 Å². The van der Waals surface area contributed by atoms with E-state index in [2.05, 4.69) is 44.2 Å². The Labute approximate surface area is 145 Å². The van der Waals surface area contributed by atoms with E-state index in [1.165, 1.54) is 10.2 Å². The van der Waals surface area contributed by atoms with Gasteiger partial charge in [0.05, 0.1) is 0 Å². The van der Waals surface area contributed by atoms with Gasteiger partial charge in [0.1, 0.15) is 0 Å². The largest absolute Gasteiger partial charge is 0.371 e. The Kier molecular flexibility index (Phi) is 4.05. The third kappa shape index (κ3) is 3.17. The van der Waals surface area contributed by atoms with E-state index in [0.29, 0.717) is 18.2 Å². The molecule has 0 saturated carbocycles. The zero-order valence-corrected chi connectivity index (χ0v) is 14.1. The van der Waals surface area contributed by atoms with Crippen molar-refractivity contribution in [2.75, 3.05) is 31.6 Å². The standard InChI is InChI=1S/C18H20N6O/c1-22(17(25)16-20-18-19-9-5-10-24(18)21-16)12-14-8-11-23(13-14)15-6-3-2-4-7-15/h2-7,9-10,14H,8,11-13H2,1H3. The lowest BCUT2D eigenvalue weighted by molar-refractivity contribution is 0.0764. The number of anilines is 1. The summed E-state index contributed by atoms with van der Waals surface area (Å²) in [5.74, 6) is 0.919. The van der Waals surface area contributed by atoms with Crippen LogP contribution in [0.2, 0.25) is 0 Å². The fourth-order valence-corrected chi connectivity index (χ4v) is 3.32. The van der Waals surface area contributed by atoms with Gasteiger partial charge in [0, 0.05) is 44.8 Å². The molecule has 4 rings (SSSR count). The first-order chi connectivity index (χ1) is 12.2. The maximum absolute atomic E-state index is 12.6. The molecular formula is C18H20N6O. The van der Waals surface area contributed by atoms with Gasteiger partial charge in [-0.2, -0.15) is 4.98 Å². The van der Waals surface area contributed by atoms with Crippen LogP contribution in [-0.4, -0.2) is 57.1 Å². The molecule has 1 aromatic carbocycles. The minimum absolute atomic E-state index is 0.163. The normalized spacial score (nSPS) is 17.2. The Morgan fingerprint density at radius 1 is 1.28 bits per heavy atom. The van der Waals surface area contributed by atoms with Gasteiger partial charge >= 0.3 is 0 Å². The zero-order chi connectivity index (χ0) is 17.2. The number of hydrogen-bond donors (Lipinski definition) is 0. The number of carbonyl (C=O) groups excluding carboxylic acids is 1. The molecule has 1 atom stereocenters. The molecule has 1 aliphatic rings. The second-order valence-electron chi connectivity index (χ2n) is 6.42. The van der Waals surface area contributed by atoms with E-state index in [0.717, 1.165) is 19.5 Å². The summed E-state index contributed by atoms with van der Waals surface area (Å²) in [5, 5.41) is 4.21. The number of nitrogens with zero attached hydrogens (tertiary/aromatic N) is 6. The van der Waals surface area contributed by atoms with Crippen LogP contribution in [0.3, 0.4) is 0 Å². The first-order valence-corrected chi connectivity index (χ1v) is 8.43. The molecule has 2 aromatic heterocycles. The Morgan fingerprint density at radius 2 is 2.12 bits per heavy atom. The van der Waals surface area contributed by atoms with Gasteiger partial charge in [0.15, 0.2) is 0 Å². The molecule has 1 fully saturated rings. The zero-order valence-electron chi connectivity index (χ0n) is 14.1. The van der Waals surface area contributed by atoms with Crippen LogP contribution >= 0.6 is 0 Å². The highest BCUT2D eigenvalue weighted by Gasteiger charge is 2.26. The summed E-state index contributed by atoms with van der Waals surface area (Å²) in [5.41, 5.74) is 1.24. The first-order valence-electron chi connectivity index (χ1n) is 8.43. The summed E-state index contributed by atoms with van der Waals surface area (Å²) in [7, 11) is 1.81. The van der Waals surface area contributed by atoms with Gasteiger partial charge in [-0.3, -0.25) is 4.79 Å². The molecule has 1 amide bonds. The van der Waals surface area contributed by atoms with Crippen LogP contribution in [0.5, 0.6) is 0 Å². The number of rotatable bonds is 4. The van der Waals surface area contributed by atoms with E-state index in [1.54, 1.807) is 23.4 Å². The maximum atomic E-state index is 12.6. The van der Waals surface area contributed by atoms with Gasteiger partial charge in [0.25, 0.3) is 11.7 Å². The van der Waals surface area contributed by atoms with Crippen molar-refractivity contribution in [2.24, 2.45) is 5.92 Å². The van der Waals surface area contributed by atoms with Crippen molar-refractivity contribution in [3.05, 3.63) is 54.6 Å². The quantitative estimate of drug-likeness (QED) is 0.726. The SMILES string of the molecule is CN(CC1CCN(c2ccccc2)C1)C(=O)c1nc2ncccn2n1. The Bertz CT molecular complexity index is 844. The summed E-state index contributed by atoms with van der Waals surface area (Å²) in [6.45, 7) is 2.68. The topological polar surface area (TPSA) is 66.6 Å². The number of hydrogen-bond acceptors (Lipinski definition) is 5. The van der Waals surface area contributed by atoms with Crippen molar-refractivity contribution >= 4 is 17.4 Å². The lowest BCUT2D eigenvalue weighted by atomic mass is 10.1. The van der Waals surface area contributed by atoms with Gasteiger partial charge in [0.2, 0.25) is 5.82 Å². The summed E-state index contributed by atoms with van der Waals surface area (Å²) in [6, 6.07) is 12.2. The smallest absolute Gasteiger partial charge is 0.293 e. The Hall–Kier alpha value is -2.96. The van der Waals surface area contributed by atoms with Crippen molar-refractivity contribution in [3.63, 3.8) is 0 Å². The summed E-state index contributed by atoms with van der Waals surface area (Å²) >= 11 is 0. The monoisotopic (exact) mass is 336 g/mol. The molecule has 128 valence electrons. The van der Waals surface area contributed by atoms with E-state index in [-0.39, 0.29) is 11.7 Å². The molecule has 7 heteroatoms. The number of fused-ring (bicyclic) bond motifs is 1. The van der Waals surface area contributed by atoms with E-state index < -0.39 is 0 Å². The van der Waals surface area contributed by atoms with E-state index >= 15 is 0 Å². The van der Waals surface area contributed by atoms with Crippen LogP contribution in [0.25, 0.3) is 5.78 Å². The number of aromatic nitrogens is 4. The van der Waals surface area contributed by atoms with Crippen molar-refractivity contribution in [3.8, 4) is 0 Å². The van der Waals surface area contributed by atoms with Gasteiger partial charge < -0.3 is 9.80 Å². The lowest BCUT2D eigenvalue weighted by Gasteiger charge is -2.21. The molecule has 25 heavy (non-hydrogen) atoms. The molecule has 0 N–H and O–H groups in total. The second-order valence-corrected chi connectivity index (χ2v) is 6.42. The predicted octanol–water partition coefficient (Wildman–Crippen LogP) is 1.72. The predicted molar refractivity (Wildman–Crippen MR) is 94.5 cm³/mol. The van der Waals surface area contributed by atoms with Crippen LogP contribution in [0.15, 0.2) is 48.8 Å². The molecule has 3 aromatic rings. The minimum Gasteiger partial charge on any atom is -0.371 e. The molecule has 0 aliphatic carbocycles. The van der Waals surface area contributed by atoms with Crippen LogP contribution in [0.1, 0.15) is 17.0 Å². The second kappa shape index (κ2) is 6.51. The third-order valence-corrected chi connectivity index (χ3v) is 4.59. The number of benzene rings is 1. The number of amides is 1. The van der Waals surface area contributed by atoms with Crippen LogP contribution in [0.4, 0.5) is 5.69 Å². The average Bonchev–Trinajstić information content (AvgIpc) is 3.28. The molecular weight excluding hydrogens is 316 g/mol. The Balaban J connectivity index is 1.40. The molecule has 1 unspecified atom stereocenters. The molecule has 0 spiro atoms. The average molecular weight is 336 g/mol. The molecule has 3 heterocycles. The van der Waals surface area contributed by atoms with Crippen LogP contribution in [0, 0.1) is 5.92 Å². The molecule has 1 saturated heterocycles. The first kappa shape index (κ1) is 15.6. The van der Waals surface area contributed by atoms with E-state index in [1.807, 2.05) is 13.1 Å². The van der Waals surface area contributed by atoms with E-state index in [4.69, 9.17) is 0 Å². The lowest BCUT2D eigenvalue weighted by Crippen LogP contribution is -2.33.